The van der Waals surface area contributed by atoms with Crippen LogP contribution in [0.4, 0.5) is 5.82 Å². The third kappa shape index (κ3) is 4.71. The highest BCUT2D eigenvalue weighted by Crippen LogP contribution is 2.22. The number of hydrogen-bond donors (Lipinski definition) is 1. The maximum atomic E-state index is 10.3. The van der Waals surface area contributed by atoms with Crippen molar-refractivity contribution >= 4 is 5.82 Å². The number of β-amino-alcohol motifs (C(OH)–C–C–N with tert-alkyl or cyclic N) is 1. The quantitative estimate of drug-likeness (QED) is 0.873. The van der Waals surface area contributed by atoms with E-state index in [0.29, 0.717) is 13.2 Å². The first-order valence-electron chi connectivity index (χ1n) is 8.89. The maximum Gasteiger partial charge on any atom is 0.128 e. The first-order chi connectivity index (χ1) is 12.1. The summed E-state index contributed by atoms with van der Waals surface area (Å²) >= 11 is 0. The van der Waals surface area contributed by atoms with Crippen LogP contribution in [0.1, 0.15) is 11.1 Å². The number of para-hydroxylation sites is 1. The highest BCUT2D eigenvalue weighted by molar-refractivity contribution is 5.40. The number of piperazine rings is 1. The van der Waals surface area contributed by atoms with Gasteiger partial charge in [-0.25, -0.2) is 4.98 Å². The molecule has 1 N–H and O–H groups in total. The van der Waals surface area contributed by atoms with Crippen LogP contribution in [0, 0.1) is 13.8 Å². The summed E-state index contributed by atoms with van der Waals surface area (Å²) in [6, 6.07) is 12.1. The molecule has 2 aromatic rings. The molecule has 0 spiro atoms. The first kappa shape index (κ1) is 17.7. The lowest BCUT2D eigenvalue weighted by atomic mass is 10.1. The molecule has 1 fully saturated rings. The molecule has 5 nitrogen and oxygen atoms in total. The Morgan fingerprint density at radius 2 is 1.76 bits per heavy atom. The molecule has 1 aromatic carbocycles. The molecule has 0 unspecified atom stereocenters. The Morgan fingerprint density at radius 3 is 2.40 bits per heavy atom. The van der Waals surface area contributed by atoms with E-state index < -0.39 is 6.10 Å². The van der Waals surface area contributed by atoms with Crippen molar-refractivity contribution in [3.05, 3.63) is 53.7 Å². The van der Waals surface area contributed by atoms with Gasteiger partial charge in [-0.3, -0.25) is 4.90 Å². The van der Waals surface area contributed by atoms with Crippen molar-refractivity contribution in [3.8, 4) is 5.75 Å². The summed E-state index contributed by atoms with van der Waals surface area (Å²) < 4.78 is 5.86. The van der Waals surface area contributed by atoms with Gasteiger partial charge in [0.1, 0.15) is 24.3 Å². The van der Waals surface area contributed by atoms with E-state index in [1.165, 1.54) is 0 Å². The lowest BCUT2D eigenvalue weighted by molar-refractivity contribution is 0.0658. The zero-order valence-electron chi connectivity index (χ0n) is 15.1. The Kier molecular flexibility index (Phi) is 5.89. The molecule has 0 aliphatic carbocycles. The maximum absolute atomic E-state index is 10.3. The van der Waals surface area contributed by atoms with Crippen LogP contribution in [-0.4, -0.2) is 60.4 Å². The molecule has 1 aromatic heterocycles. The van der Waals surface area contributed by atoms with Gasteiger partial charge in [0.25, 0.3) is 0 Å². The molecule has 2 heterocycles. The van der Waals surface area contributed by atoms with Crippen molar-refractivity contribution in [3.63, 3.8) is 0 Å². The Balaban J connectivity index is 1.44. The third-order valence-electron chi connectivity index (χ3n) is 4.64. The molecule has 0 amide bonds. The van der Waals surface area contributed by atoms with Crippen LogP contribution in [0.15, 0.2) is 42.6 Å². The molecular formula is C20H27N3O2. The minimum absolute atomic E-state index is 0.326. The molecule has 5 heteroatoms. The number of aliphatic hydroxyl groups excluding tert-OH is 1. The van der Waals surface area contributed by atoms with E-state index in [1.807, 2.05) is 56.4 Å². The topological polar surface area (TPSA) is 48.8 Å². The number of rotatable bonds is 6. The number of aromatic nitrogens is 1. The van der Waals surface area contributed by atoms with E-state index in [1.54, 1.807) is 0 Å². The summed E-state index contributed by atoms with van der Waals surface area (Å²) in [7, 11) is 0. The highest BCUT2D eigenvalue weighted by atomic mass is 16.5. The van der Waals surface area contributed by atoms with E-state index in [0.717, 1.165) is 48.9 Å². The number of aliphatic hydroxyl groups is 1. The van der Waals surface area contributed by atoms with Gasteiger partial charge in [-0.15, -0.1) is 0 Å². The second-order valence-corrected chi connectivity index (χ2v) is 6.66. The SMILES string of the molecule is Cc1cccc(C)c1OC[C@H](O)CN1CCN(c2ccccn2)CC1. The van der Waals surface area contributed by atoms with Gasteiger partial charge >= 0.3 is 0 Å². The number of nitrogens with zero attached hydrogens (tertiary/aromatic N) is 3. The Bertz CT molecular complexity index is 650. The van der Waals surface area contributed by atoms with Crippen LogP contribution in [0.2, 0.25) is 0 Å². The van der Waals surface area contributed by atoms with E-state index >= 15 is 0 Å². The lowest BCUT2D eigenvalue weighted by Gasteiger charge is -2.36. The summed E-state index contributed by atoms with van der Waals surface area (Å²) in [5.74, 6) is 1.92. The second-order valence-electron chi connectivity index (χ2n) is 6.66. The van der Waals surface area contributed by atoms with E-state index in [4.69, 9.17) is 4.74 Å². The fourth-order valence-corrected chi connectivity index (χ4v) is 3.26. The molecule has 0 bridgehead atoms. The smallest absolute Gasteiger partial charge is 0.128 e. The van der Waals surface area contributed by atoms with Crippen molar-refractivity contribution in [1.82, 2.24) is 9.88 Å². The predicted molar refractivity (Wildman–Crippen MR) is 100 cm³/mol. The van der Waals surface area contributed by atoms with Crippen LogP contribution >= 0.6 is 0 Å². The summed E-state index contributed by atoms with van der Waals surface area (Å²) in [4.78, 5) is 8.98. The van der Waals surface area contributed by atoms with E-state index in [2.05, 4.69) is 14.8 Å². The highest BCUT2D eigenvalue weighted by Gasteiger charge is 2.20. The lowest BCUT2D eigenvalue weighted by Crippen LogP contribution is -2.49. The van der Waals surface area contributed by atoms with Crippen LogP contribution in [0.3, 0.4) is 0 Å². The Morgan fingerprint density at radius 1 is 1.04 bits per heavy atom. The van der Waals surface area contributed by atoms with Crippen LogP contribution < -0.4 is 9.64 Å². The number of aryl methyl sites for hydroxylation is 2. The average molecular weight is 341 g/mol. The van der Waals surface area contributed by atoms with Crippen molar-refractivity contribution in [2.45, 2.75) is 20.0 Å². The Labute approximate surface area is 149 Å². The monoisotopic (exact) mass is 341 g/mol. The predicted octanol–water partition coefficient (Wildman–Crippen LogP) is 2.26. The number of anilines is 1. The summed E-state index contributed by atoms with van der Waals surface area (Å²) in [6.07, 6.45) is 1.34. The first-order valence-corrected chi connectivity index (χ1v) is 8.89. The molecule has 1 aliphatic heterocycles. The molecular weight excluding hydrogens is 314 g/mol. The molecule has 0 saturated carbocycles. The van der Waals surface area contributed by atoms with Gasteiger partial charge in [-0.2, -0.15) is 0 Å². The molecule has 1 aliphatic rings. The fraction of sp³-hybridized carbons (Fsp3) is 0.450. The molecule has 1 saturated heterocycles. The van der Waals surface area contributed by atoms with Gasteiger partial charge in [0.05, 0.1) is 0 Å². The molecule has 3 rings (SSSR count). The Hall–Kier alpha value is -2.11. The van der Waals surface area contributed by atoms with Gasteiger partial charge in [-0.1, -0.05) is 24.3 Å². The van der Waals surface area contributed by atoms with Gasteiger partial charge < -0.3 is 14.7 Å². The molecule has 134 valence electrons. The molecule has 25 heavy (non-hydrogen) atoms. The summed E-state index contributed by atoms with van der Waals surface area (Å²) in [5, 5.41) is 10.3. The van der Waals surface area contributed by atoms with E-state index in [-0.39, 0.29) is 0 Å². The zero-order chi connectivity index (χ0) is 17.6. The van der Waals surface area contributed by atoms with Gasteiger partial charge in [0.15, 0.2) is 0 Å². The summed E-state index contributed by atoms with van der Waals surface area (Å²) in [5.41, 5.74) is 2.22. The fourth-order valence-electron chi connectivity index (χ4n) is 3.26. The second kappa shape index (κ2) is 8.32. The molecule has 0 radical (unpaired) electrons. The van der Waals surface area contributed by atoms with Crippen molar-refractivity contribution in [2.24, 2.45) is 0 Å². The minimum Gasteiger partial charge on any atom is -0.490 e. The number of hydrogen-bond acceptors (Lipinski definition) is 5. The van der Waals surface area contributed by atoms with Crippen molar-refractivity contribution in [1.29, 1.82) is 0 Å². The summed E-state index contributed by atoms with van der Waals surface area (Å²) in [6.45, 7) is 8.75. The largest absolute Gasteiger partial charge is 0.490 e. The van der Waals surface area contributed by atoms with Crippen molar-refractivity contribution < 1.29 is 9.84 Å². The minimum atomic E-state index is -0.486. The van der Waals surface area contributed by atoms with Crippen LogP contribution in [-0.2, 0) is 0 Å². The normalized spacial score (nSPS) is 16.7. The van der Waals surface area contributed by atoms with Crippen LogP contribution in [0.5, 0.6) is 5.75 Å². The number of benzene rings is 1. The van der Waals surface area contributed by atoms with E-state index in [9.17, 15) is 5.11 Å². The number of pyridine rings is 1. The van der Waals surface area contributed by atoms with Gasteiger partial charge in [0, 0.05) is 38.9 Å². The molecule has 1 atom stereocenters. The van der Waals surface area contributed by atoms with Crippen LogP contribution in [0.25, 0.3) is 0 Å². The third-order valence-corrected chi connectivity index (χ3v) is 4.64. The average Bonchev–Trinajstić information content (AvgIpc) is 2.63. The standard InChI is InChI=1S/C20H27N3O2/c1-16-6-5-7-17(2)20(16)25-15-18(24)14-22-10-12-23(13-11-22)19-8-3-4-9-21-19/h3-9,18,24H,10-15H2,1-2H3/t18-/m1/s1. The number of ether oxygens (including phenoxy) is 1. The zero-order valence-corrected chi connectivity index (χ0v) is 15.1. The van der Waals surface area contributed by atoms with Gasteiger partial charge in [-0.05, 0) is 37.1 Å². The van der Waals surface area contributed by atoms with Gasteiger partial charge in [0.2, 0.25) is 0 Å². The van der Waals surface area contributed by atoms with Crippen molar-refractivity contribution in [2.75, 3.05) is 44.2 Å².